The van der Waals surface area contributed by atoms with Crippen LogP contribution in [0.1, 0.15) is 17.3 Å². The third-order valence-electron chi connectivity index (χ3n) is 3.20. The van der Waals surface area contributed by atoms with Crippen molar-refractivity contribution < 1.29 is 24.0 Å². The maximum atomic E-state index is 12.0. The van der Waals surface area contributed by atoms with Crippen molar-refractivity contribution >= 4 is 46.4 Å². The SMILES string of the molecule is CC(=O)Nc1ccc(NC(=O)COC(=O)c2cc([N+](=O)[O-])ccc2Cl)cc1. The third-order valence-corrected chi connectivity index (χ3v) is 3.53. The van der Waals surface area contributed by atoms with E-state index in [1.54, 1.807) is 24.3 Å². The van der Waals surface area contributed by atoms with Gasteiger partial charge in [-0.2, -0.15) is 0 Å². The Hall–Kier alpha value is -3.46. The number of rotatable bonds is 6. The van der Waals surface area contributed by atoms with Crippen LogP contribution in [0.25, 0.3) is 0 Å². The molecule has 0 fully saturated rings. The molecule has 9 nitrogen and oxygen atoms in total. The highest BCUT2D eigenvalue weighted by Gasteiger charge is 2.18. The van der Waals surface area contributed by atoms with Crippen molar-refractivity contribution in [2.24, 2.45) is 0 Å². The monoisotopic (exact) mass is 391 g/mol. The molecule has 10 heteroatoms. The summed E-state index contributed by atoms with van der Waals surface area (Å²) in [6.07, 6.45) is 0. The number of hydrogen-bond acceptors (Lipinski definition) is 6. The Balaban J connectivity index is 1.93. The molecule has 2 rings (SSSR count). The molecule has 2 aromatic rings. The number of nitro benzene ring substituents is 1. The first-order valence-electron chi connectivity index (χ1n) is 7.55. The summed E-state index contributed by atoms with van der Waals surface area (Å²) in [5.41, 5.74) is 0.458. The predicted octanol–water partition coefficient (Wildman–Crippen LogP) is 3.00. The van der Waals surface area contributed by atoms with Crippen molar-refractivity contribution in [2.45, 2.75) is 6.92 Å². The van der Waals surface area contributed by atoms with E-state index in [1.807, 2.05) is 0 Å². The van der Waals surface area contributed by atoms with E-state index < -0.39 is 23.4 Å². The van der Waals surface area contributed by atoms with Crippen LogP contribution in [0.3, 0.4) is 0 Å². The highest BCUT2D eigenvalue weighted by molar-refractivity contribution is 6.33. The number of nitrogens with zero attached hydrogens (tertiary/aromatic N) is 1. The molecule has 0 aliphatic carbocycles. The highest BCUT2D eigenvalue weighted by atomic mass is 35.5. The van der Waals surface area contributed by atoms with Gasteiger partial charge in [0.25, 0.3) is 11.6 Å². The number of non-ortho nitro benzene ring substituents is 1. The van der Waals surface area contributed by atoms with E-state index in [0.717, 1.165) is 12.1 Å². The lowest BCUT2D eigenvalue weighted by Crippen LogP contribution is -2.21. The van der Waals surface area contributed by atoms with Gasteiger partial charge in [-0.15, -0.1) is 0 Å². The van der Waals surface area contributed by atoms with Crippen molar-refractivity contribution in [3.05, 3.63) is 63.2 Å². The second kappa shape index (κ2) is 8.77. The minimum atomic E-state index is -0.958. The average Bonchev–Trinajstić information content (AvgIpc) is 2.61. The molecule has 2 aromatic carbocycles. The standard InChI is InChI=1S/C17H14ClN3O6/c1-10(22)19-11-2-4-12(5-3-11)20-16(23)9-27-17(24)14-8-13(21(25)26)6-7-15(14)18/h2-8H,9H2,1H3,(H,19,22)(H,20,23). The first-order chi connectivity index (χ1) is 12.8. The van der Waals surface area contributed by atoms with E-state index in [9.17, 15) is 24.5 Å². The number of carbonyl (C=O) groups excluding carboxylic acids is 3. The van der Waals surface area contributed by atoms with Gasteiger partial charge < -0.3 is 15.4 Å². The molecule has 0 saturated carbocycles. The zero-order chi connectivity index (χ0) is 20.0. The Kier molecular flexibility index (Phi) is 6.45. The number of carbonyl (C=O) groups is 3. The molecule has 0 bridgehead atoms. The molecule has 0 spiro atoms. The molecular weight excluding hydrogens is 378 g/mol. The van der Waals surface area contributed by atoms with Gasteiger partial charge in [0.1, 0.15) is 0 Å². The van der Waals surface area contributed by atoms with E-state index in [1.165, 1.54) is 13.0 Å². The molecule has 0 aromatic heterocycles. The number of hydrogen-bond donors (Lipinski definition) is 2. The third kappa shape index (κ3) is 5.79. The maximum Gasteiger partial charge on any atom is 0.340 e. The first kappa shape index (κ1) is 19.9. The topological polar surface area (TPSA) is 128 Å². The van der Waals surface area contributed by atoms with Gasteiger partial charge in [0.15, 0.2) is 6.61 Å². The fourth-order valence-corrected chi connectivity index (χ4v) is 2.22. The van der Waals surface area contributed by atoms with Gasteiger partial charge in [0.05, 0.1) is 15.5 Å². The van der Waals surface area contributed by atoms with E-state index in [4.69, 9.17) is 16.3 Å². The Morgan fingerprint density at radius 3 is 2.22 bits per heavy atom. The molecule has 0 aliphatic rings. The molecule has 0 heterocycles. The van der Waals surface area contributed by atoms with E-state index in [-0.39, 0.29) is 22.2 Å². The summed E-state index contributed by atoms with van der Waals surface area (Å²) in [5.74, 6) is -1.80. The number of anilines is 2. The molecule has 0 aliphatic heterocycles. The lowest BCUT2D eigenvalue weighted by molar-refractivity contribution is -0.384. The Morgan fingerprint density at radius 1 is 1.07 bits per heavy atom. The summed E-state index contributed by atoms with van der Waals surface area (Å²) in [7, 11) is 0. The summed E-state index contributed by atoms with van der Waals surface area (Å²) in [5, 5.41) is 15.8. The number of halogens is 1. The van der Waals surface area contributed by atoms with Crippen molar-refractivity contribution in [3.8, 4) is 0 Å². The second-order valence-corrected chi connectivity index (χ2v) is 5.71. The van der Waals surface area contributed by atoms with Crippen LogP contribution in [-0.4, -0.2) is 29.3 Å². The molecule has 140 valence electrons. The Bertz CT molecular complexity index is 898. The van der Waals surface area contributed by atoms with Crippen molar-refractivity contribution in [1.82, 2.24) is 0 Å². The van der Waals surface area contributed by atoms with Crippen LogP contribution in [0, 0.1) is 10.1 Å². The van der Waals surface area contributed by atoms with Crippen LogP contribution in [-0.2, 0) is 14.3 Å². The average molecular weight is 392 g/mol. The Morgan fingerprint density at radius 2 is 1.67 bits per heavy atom. The van der Waals surface area contributed by atoms with Gasteiger partial charge in [-0.25, -0.2) is 4.79 Å². The lowest BCUT2D eigenvalue weighted by Gasteiger charge is -2.08. The molecule has 0 saturated heterocycles. The lowest BCUT2D eigenvalue weighted by atomic mass is 10.2. The number of ether oxygens (including phenoxy) is 1. The van der Waals surface area contributed by atoms with Gasteiger partial charge in [0, 0.05) is 30.4 Å². The molecule has 0 radical (unpaired) electrons. The smallest absolute Gasteiger partial charge is 0.340 e. The zero-order valence-corrected chi connectivity index (χ0v) is 14.8. The van der Waals surface area contributed by atoms with Gasteiger partial charge in [-0.05, 0) is 30.3 Å². The first-order valence-corrected chi connectivity index (χ1v) is 7.92. The molecule has 27 heavy (non-hydrogen) atoms. The van der Waals surface area contributed by atoms with E-state index in [2.05, 4.69) is 10.6 Å². The summed E-state index contributed by atoms with van der Waals surface area (Å²) < 4.78 is 4.84. The fraction of sp³-hybridized carbons (Fsp3) is 0.118. The van der Waals surface area contributed by atoms with Gasteiger partial charge >= 0.3 is 5.97 Å². The highest BCUT2D eigenvalue weighted by Crippen LogP contribution is 2.22. The molecule has 0 unspecified atom stereocenters. The van der Waals surface area contributed by atoms with Crippen molar-refractivity contribution in [2.75, 3.05) is 17.2 Å². The number of esters is 1. The van der Waals surface area contributed by atoms with Gasteiger partial charge in [-0.1, -0.05) is 11.6 Å². The van der Waals surface area contributed by atoms with E-state index >= 15 is 0 Å². The number of nitrogens with one attached hydrogen (secondary N) is 2. The Labute approximate surface area is 158 Å². The minimum absolute atomic E-state index is 0.0282. The zero-order valence-electron chi connectivity index (χ0n) is 14.0. The summed E-state index contributed by atoms with van der Waals surface area (Å²) in [6, 6.07) is 9.62. The molecule has 2 N–H and O–H groups in total. The molecule has 2 amide bonds. The normalized spacial score (nSPS) is 10.0. The molecular formula is C17H14ClN3O6. The number of benzene rings is 2. The number of nitro groups is 1. The summed E-state index contributed by atoms with van der Waals surface area (Å²) >= 11 is 5.84. The fourth-order valence-electron chi connectivity index (χ4n) is 2.03. The van der Waals surface area contributed by atoms with Crippen LogP contribution in [0.5, 0.6) is 0 Å². The minimum Gasteiger partial charge on any atom is -0.452 e. The second-order valence-electron chi connectivity index (χ2n) is 5.30. The van der Waals surface area contributed by atoms with Crippen LogP contribution in [0.15, 0.2) is 42.5 Å². The van der Waals surface area contributed by atoms with Crippen LogP contribution in [0.2, 0.25) is 5.02 Å². The molecule has 0 atom stereocenters. The summed E-state index contributed by atoms with van der Waals surface area (Å²) in [6.45, 7) is 0.767. The summed E-state index contributed by atoms with van der Waals surface area (Å²) in [4.78, 5) is 44.9. The number of amides is 2. The van der Waals surface area contributed by atoms with Crippen molar-refractivity contribution in [3.63, 3.8) is 0 Å². The van der Waals surface area contributed by atoms with Crippen LogP contribution >= 0.6 is 11.6 Å². The van der Waals surface area contributed by atoms with Crippen LogP contribution in [0.4, 0.5) is 17.1 Å². The maximum absolute atomic E-state index is 12.0. The van der Waals surface area contributed by atoms with E-state index in [0.29, 0.717) is 11.4 Å². The quantitative estimate of drug-likeness (QED) is 0.442. The van der Waals surface area contributed by atoms with Crippen molar-refractivity contribution in [1.29, 1.82) is 0 Å². The van der Waals surface area contributed by atoms with Gasteiger partial charge in [-0.3, -0.25) is 19.7 Å². The largest absolute Gasteiger partial charge is 0.452 e. The van der Waals surface area contributed by atoms with Gasteiger partial charge in [0.2, 0.25) is 5.91 Å². The predicted molar refractivity (Wildman–Crippen MR) is 97.8 cm³/mol. The van der Waals surface area contributed by atoms with Crippen LogP contribution < -0.4 is 10.6 Å².